The van der Waals surface area contributed by atoms with Gasteiger partial charge >= 0.3 is 0 Å². The van der Waals surface area contributed by atoms with Gasteiger partial charge in [-0.25, -0.2) is 0 Å². The summed E-state index contributed by atoms with van der Waals surface area (Å²) in [5.41, 5.74) is 13.1. The summed E-state index contributed by atoms with van der Waals surface area (Å²) in [6, 6.07) is 2.29. The zero-order chi connectivity index (χ0) is 14.8. The molecule has 0 aliphatic carbocycles. The third kappa shape index (κ3) is 4.63. The summed E-state index contributed by atoms with van der Waals surface area (Å²) in [5, 5.41) is 0. The second kappa shape index (κ2) is 6.06. The van der Waals surface area contributed by atoms with Gasteiger partial charge in [-0.05, 0) is 89.4 Å². The van der Waals surface area contributed by atoms with E-state index < -0.39 is 0 Å². The fourth-order valence-electron chi connectivity index (χ4n) is 2.36. The van der Waals surface area contributed by atoms with Crippen LogP contribution in [-0.2, 0) is 6.54 Å². The molecule has 0 saturated heterocycles. The van der Waals surface area contributed by atoms with Crippen LogP contribution in [0, 0.1) is 27.7 Å². The van der Waals surface area contributed by atoms with Crippen LogP contribution in [0.15, 0.2) is 6.07 Å². The Hall–Kier alpha value is -0.860. The minimum Gasteiger partial charge on any atom is -0.326 e. The minimum atomic E-state index is -0.0825. The van der Waals surface area contributed by atoms with Crippen molar-refractivity contribution in [2.24, 2.45) is 5.73 Å². The molecule has 2 heteroatoms. The van der Waals surface area contributed by atoms with Crippen molar-refractivity contribution in [1.82, 2.24) is 4.90 Å². The quantitative estimate of drug-likeness (QED) is 0.880. The zero-order valence-corrected chi connectivity index (χ0v) is 13.7. The molecule has 1 aromatic carbocycles. The van der Waals surface area contributed by atoms with Gasteiger partial charge in [-0.3, -0.25) is 0 Å². The number of nitrogens with zero attached hydrogens (tertiary/aromatic N) is 1. The first-order chi connectivity index (χ1) is 8.61. The highest BCUT2D eigenvalue weighted by Gasteiger charge is 2.14. The van der Waals surface area contributed by atoms with Gasteiger partial charge in [0.05, 0.1) is 0 Å². The molecule has 108 valence electrons. The number of hydrogen-bond acceptors (Lipinski definition) is 2. The first-order valence-corrected chi connectivity index (χ1v) is 7.15. The van der Waals surface area contributed by atoms with Crippen molar-refractivity contribution in [3.05, 3.63) is 33.9 Å². The second-order valence-corrected chi connectivity index (χ2v) is 6.72. The van der Waals surface area contributed by atoms with Gasteiger partial charge in [0.1, 0.15) is 0 Å². The average Bonchev–Trinajstić information content (AvgIpc) is 2.29. The predicted molar refractivity (Wildman–Crippen MR) is 84.6 cm³/mol. The van der Waals surface area contributed by atoms with Crippen LogP contribution >= 0.6 is 0 Å². The predicted octanol–water partition coefficient (Wildman–Crippen LogP) is 3.48. The van der Waals surface area contributed by atoms with E-state index in [-0.39, 0.29) is 5.54 Å². The van der Waals surface area contributed by atoms with Crippen LogP contribution in [-0.4, -0.2) is 24.0 Å². The molecule has 0 aliphatic heterocycles. The molecule has 1 aromatic rings. The summed E-state index contributed by atoms with van der Waals surface area (Å²) in [5.74, 6) is 0. The zero-order valence-electron chi connectivity index (χ0n) is 13.7. The van der Waals surface area contributed by atoms with Gasteiger partial charge in [-0.1, -0.05) is 6.07 Å². The van der Waals surface area contributed by atoms with Crippen molar-refractivity contribution >= 4 is 0 Å². The molecule has 0 saturated carbocycles. The summed E-state index contributed by atoms with van der Waals surface area (Å²) in [4.78, 5) is 2.38. The minimum absolute atomic E-state index is 0.0825. The van der Waals surface area contributed by atoms with Crippen LogP contribution in [0.1, 0.15) is 48.1 Å². The molecule has 0 aliphatic rings. The van der Waals surface area contributed by atoms with Crippen molar-refractivity contribution < 1.29 is 0 Å². The Bertz CT molecular complexity index is 415. The second-order valence-electron chi connectivity index (χ2n) is 6.72. The van der Waals surface area contributed by atoms with E-state index in [1.54, 1.807) is 0 Å². The lowest BCUT2D eigenvalue weighted by Gasteiger charge is -2.25. The van der Waals surface area contributed by atoms with Crippen molar-refractivity contribution in [2.75, 3.05) is 13.6 Å². The van der Waals surface area contributed by atoms with Crippen molar-refractivity contribution in [3.8, 4) is 0 Å². The maximum Gasteiger partial charge on any atom is 0.0236 e. The van der Waals surface area contributed by atoms with Crippen molar-refractivity contribution in [2.45, 2.75) is 60.0 Å². The molecule has 0 amide bonds. The first kappa shape index (κ1) is 16.2. The summed E-state index contributed by atoms with van der Waals surface area (Å²) < 4.78 is 0. The van der Waals surface area contributed by atoms with E-state index in [2.05, 4.69) is 59.6 Å². The molecular formula is C17H30N2. The molecule has 0 bridgehead atoms. The van der Waals surface area contributed by atoms with E-state index in [4.69, 9.17) is 5.73 Å². The molecule has 19 heavy (non-hydrogen) atoms. The SMILES string of the molecule is Cc1cc(C)c(C)c(CN(C)CCC(C)(C)N)c1C. The summed E-state index contributed by atoms with van der Waals surface area (Å²) in [6.07, 6.45) is 1.02. The maximum atomic E-state index is 6.06. The van der Waals surface area contributed by atoms with E-state index in [1.807, 2.05) is 0 Å². The average molecular weight is 262 g/mol. The van der Waals surface area contributed by atoms with E-state index >= 15 is 0 Å². The fraction of sp³-hybridized carbons (Fsp3) is 0.647. The first-order valence-electron chi connectivity index (χ1n) is 7.15. The highest BCUT2D eigenvalue weighted by molar-refractivity contribution is 5.43. The van der Waals surface area contributed by atoms with Crippen molar-refractivity contribution in [1.29, 1.82) is 0 Å². The van der Waals surface area contributed by atoms with Gasteiger partial charge in [-0.15, -0.1) is 0 Å². The smallest absolute Gasteiger partial charge is 0.0236 e. The summed E-state index contributed by atoms with van der Waals surface area (Å²) in [6.45, 7) is 15.1. The molecule has 1 rings (SSSR count). The van der Waals surface area contributed by atoms with Gasteiger partial charge in [0.15, 0.2) is 0 Å². The van der Waals surface area contributed by atoms with E-state index in [1.165, 1.54) is 27.8 Å². The molecule has 2 N–H and O–H groups in total. The normalized spacial score (nSPS) is 12.3. The lowest BCUT2D eigenvalue weighted by Crippen LogP contribution is -2.36. The van der Waals surface area contributed by atoms with Gasteiger partial charge in [0.2, 0.25) is 0 Å². The van der Waals surface area contributed by atoms with Gasteiger partial charge in [0, 0.05) is 12.1 Å². The third-order valence-electron chi connectivity index (χ3n) is 4.09. The maximum absolute atomic E-state index is 6.06. The number of hydrogen-bond donors (Lipinski definition) is 1. The lowest BCUT2D eigenvalue weighted by molar-refractivity contribution is 0.288. The number of nitrogens with two attached hydrogens (primary N) is 1. The molecule has 0 heterocycles. The van der Waals surface area contributed by atoms with Crippen LogP contribution in [0.2, 0.25) is 0 Å². The molecule has 0 aromatic heterocycles. The van der Waals surface area contributed by atoms with Crippen LogP contribution in [0.4, 0.5) is 0 Å². The number of aryl methyl sites for hydroxylation is 2. The Kier molecular flexibility index (Phi) is 5.17. The van der Waals surface area contributed by atoms with Crippen LogP contribution in [0.3, 0.4) is 0 Å². The standard InChI is InChI=1S/C17H30N2/c1-12-10-13(2)15(4)16(14(12)3)11-19(7)9-8-17(5,6)18/h10H,8-9,11,18H2,1-7H3. The Morgan fingerprint density at radius 1 is 1.05 bits per heavy atom. The molecule has 0 fully saturated rings. The molecule has 0 radical (unpaired) electrons. The van der Waals surface area contributed by atoms with Crippen LogP contribution in [0.5, 0.6) is 0 Å². The van der Waals surface area contributed by atoms with E-state index in [0.717, 1.165) is 19.5 Å². The monoisotopic (exact) mass is 262 g/mol. The topological polar surface area (TPSA) is 29.3 Å². The lowest BCUT2D eigenvalue weighted by atomic mass is 9.94. The number of benzene rings is 1. The van der Waals surface area contributed by atoms with Crippen LogP contribution in [0.25, 0.3) is 0 Å². The Labute approximate surface area is 119 Å². The molecule has 2 nitrogen and oxygen atoms in total. The highest BCUT2D eigenvalue weighted by Crippen LogP contribution is 2.23. The summed E-state index contributed by atoms with van der Waals surface area (Å²) in [7, 11) is 2.18. The molecule has 0 unspecified atom stereocenters. The fourth-order valence-corrected chi connectivity index (χ4v) is 2.36. The highest BCUT2D eigenvalue weighted by atomic mass is 15.1. The Morgan fingerprint density at radius 2 is 1.53 bits per heavy atom. The van der Waals surface area contributed by atoms with E-state index in [9.17, 15) is 0 Å². The third-order valence-corrected chi connectivity index (χ3v) is 4.09. The van der Waals surface area contributed by atoms with Gasteiger partial charge < -0.3 is 10.6 Å². The van der Waals surface area contributed by atoms with Gasteiger partial charge in [-0.2, -0.15) is 0 Å². The number of rotatable bonds is 5. The molecule has 0 spiro atoms. The molecular weight excluding hydrogens is 232 g/mol. The summed E-state index contributed by atoms with van der Waals surface area (Å²) >= 11 is 0. The largest absolute Gasteiger partial charge is 0.326 e. The Balaban J connectivity index is 2.82. The molecule has 0 atom stereocenters. The van der Waals surface area contributed by atoms with E-state index in [0.29, 0.717) is 0 Å². The van der Waals surface area contributed by atoms with Gasteiger partial charge in [0.25, 0.3) is 0 Å². The Morgan fingerprint density at radius 3 is 1.95 bits per heavy atom. The van der Waals surface area contributed by atoms with Crippen LogP contribution < -0.4 is 5.73 Å². The van der Waals surface area contributed by atoms with Crippen molar-refractivity contribution in [3.63, 3.8) is 0 Å².